The van der Waals surface area contributed by atoms with Gasteiger partial charge in [0.15, 0.2) is 11.6 Å². The lowest BCUT2D eigenvalue weighted by molar-refractivity contribution is 0.0655. The molecular formula is C18H28N2O2. The molecule has 1 saturated heterocycles. The molecule has 22 heavy (non-hydrogen) atoms. The molecule has 4 heteroatoms. The summed E-state index contributed by atoms with van der Waals surface area (Å²) in [4.78, 5) is 19.4. The monoisotopic (exact) mass is 304 g/mol. The van der Waals surface area contributed by atoms with Crippen molar-refractivity contribution in [1.82, 2.24) is 9.88 Å². The number of hydrogen-bond donors (Lipinski definition) is 0. The van der Waals surface area contributed by atoms with Crippen molar-refractivity contribution in [2.24, 2.45) is 11.8 Å². The van der Waals surface area contributed by atoms with Crippen molar-refractivity contribution in [2.75, 3.05) is 6.54 Å². The Hall–Kier alpha value is -1.32. The van der Waals surface area contributed by atoms with Gasteiger partial charge in [-0.2, -0.15) is 0 Å². The van der Waals surface area contributed by atoms with E-state index in [-0.39, 0.29) is 5.91 Å². The molecule has 2 fully saturated rings. The molecule has 0 spiro atoms. The third kappa shape index (κ3) is 3.90. The van der Waals surface area contributed by atoms with Gasteiger partial charge in [0, 0.05) is 19.0 Å². The van der Waals surface area contributed by atoms with Crippen LogP contribution >= 0.6 is 0 Å². The molecule has 1 aliphatic carbocycles. The minimum absolute atomic E-state index is 0.0679. The van der Waals surface area contributed by atoms with Gasteiger partial charge in [-0.15, -0.1) is 0 Å². The van der Waals surface area contributed by atoms with E-state index in [0.29, 0.717) is 17.7 Å². The highest BCUT2D eigenvalue weighted by atomic mass is 16.3. The lowest BCUT2D eigenvalue weighted by Gasteiger charge is -2.30. The SMILES string of the molecule is CC(C)C[C@H]1CCCCCN1C(=O)c1coc(CC2CC2)n1. The lowest BCUT2D eigenvalue weighted by Crippen LogP contribution is -2.41. The molecule has 4 nitrogen and oxygen atoms in total. The molecule has 1 aromatic rings. The van der Waals surface area contributed by atoms with Crippen LogP contribution in [0.1, 0.15) is 75.2 Å². The first-order valence-electron chi connectivity index (χ1n) is 8.89. The van der Waals surface area contributed by atoms with Crippen molar-refractivity contribution in [3.05, 3.63) is 17.8 Å². The fraction of sp³-hybridized carbons (Fsp3) is 0.778. The topological polar surface area (TPSA) is 46.3 Å². The normalized spacial score (nSPS) is 22.9. The maximum atomic E-state index is 12.9. The first-order valence-corrected chi connectivity index (χ1v) is 8.89. The second-order valence-corrected chi connectivity index (χ2v) is 7.41. The molecule has 1 atom stereocenters. The smallest absolute Gasteiger partial charge is 0.276 e. The number of hydrogen-bond acceptors (Lipinski definition) is 3. The van der Waals surface area contributed by atoms with E-state index in [2.05, 4.69) is 23.7 Å². The number of aromatic nitrogens is 1. The molecule has 2 aliphatic rings. The van der Waals surface area contributed by atoms with Gasteiger partial charge in [-0.1, -0.05) is 26.7 Å². The summed E-state index contributed by atoms with van der Waals surface area (Å²) in [5.74, 6) is 2.15. The van der Waals surface area contributed by atoms with Gasteiger partial charge in [0.25, 0.3) is 5.91 Å². The van der Waals surface area contributed by atoms with Crippen LogP contribution in [0.2, 0.25) is 0 Å². The first-order chi connectivity index (χ1) is 10.6. The molecule has 1 aliphatic heterocycles. The van der Waals surface area contributed by atoms with Gasteiger partial charge < -0.3 is 9.32 Å². The zero-order valence-electron chi connectivity index (χ0n) is 13.9. The summed E-state index contributed by atoms with van der Waals surface area (Å²) >= 11 is 0. The molecule has 0 aromatic carbocycles. The Morgan fingerprint density at radius 1 is 1.32 bits per heavy atom. The van der Waals surface area contributed by atoms with E-state index in [1.807, 2.05) is 0 Å². The Kier molecular flexibility index (Phi) is 4.84. The summed E-state index contributed by atoms with van der Waals surface area (Å²) in [5, 5.41) is 0. The number of amides is 1. The number of nitrogens with zero attached hydrogens (tertiary/aromatic N) is 2. The Balaban J connectivity index is 1.70. The summed E-state index contributed by atoms with van der Waals surface area (Å²) in [6.07, 6.45) is 10.8. The van der Waals surface area contributed by atoms with E-state index in [9.17, 15) is 4.79 Å². The second kappa shape index (κ2) is 6.84. The fourth-order valence-corrected chi connectivity index (χ4v) is 3.45. The van der Waals surface area contributed by atoms with Gasteiger partial charge in [0.1, 0.15) is 6.26 Å². The van der Waals surface area contributed by atoms with Crippen LogP contribution in [-0.4, -0.2) is 28.4 Å². The maximum absolute atomic E-state index is 12.9. The van der Waals surface area contributed by atoms with Crippen molar-refractivity contribution in [1.29, 1.82) is 0 Å². The van der Waals surface area contributed by atoms with Crippen LogP contribution in [0.3, 0.4) is 0 Å². The van der Waals surface area contributed by atoms with Crippen LogP contribution in [-0.2, 0) is 6.42 Å². The van der Waals surface area contributed by atoms with Crippen molar-refractivity contribution in [3.63, 3.8) is 0 Å². The summed E-state index contributed by atoms with van der Waals surface area (Å²) in [6.45, 7) is 5.33. The van der Waals surface area contributed by atoms with Crippen LogP contribution in [0, 0.1) is 11.8 Å². The van der Waals surface area contributed by atoms with Gasteiger partial charge in [-0.3, -0.25) is 4.79 Å². The van der Waals surface area contributed by atoms with Crippen molar-refractivity contribution >= 4 is 5.91 Å². The third-order valence-corrected chi connectivity index (χ3v) is 4.81. The van der Waals surface area contributed by atoms with Gasteiger partial charge in [0.05, 0.1) is 0 Å². The number of carbonyl (C=O) groups is 1. The molecule has 0 unspecified atom stereocenters. The summed E-state index contributed by atoms with van der Waals surface area (Å²) < 4.78 is 5.52. The maximum Gasteiger partial charge on any atom is 0.276 e. The van der Waals surface area contributed by atoms with Crippen LogP contribution in [0.15, 0.2) is 10.7 Å². The molecule has 1 aromatic heterocycles. The van der Waals surface area contributed by atoms with E-state index < -0.39 is 0 Å². The fourth-order valence-electron chi connectivity index (χ4n) is 3.45. The van der Waals surface area contributed by atoms with Crippen LogP contribution in [0.5, 0.6) is 0 Å². The molecule has 1 amide bonds. The van der Waals surface area contributed by atoms with Gasteiger partial charge in [-0.25, -0.2) is 4.98 Å². The Labute approximate surface area is 133 Å². The lowest BCUT2D eigenvalue weighted by atomic mass is 9.98. The van der Waals surface area contributed by atoms with Crippen LogP contribution in [0.25, 0.3) is 0 Å². The highest BCUT2D eigenvalue weighted by molar-refractivity contribution is 5.92. The average Bonchev–Trinajstić information content (AvgIpc) is 3.20. The van der Waals surface area contributed by atoms with E-state index in [1.165, 1.54) is 25.7 Å². The number of likely N-dealkylation sites (tertiary alicyclic amines) is 1. The molecule has 0 radical (unpaired) electrons. The van der Waals surface area contributed by atoms with Crippen LogP contribution < -0.4 is 0 Å². The quantitative estimate of drug-likeness (QED) is 0.824. The van der Waals surface area contributed by atoms with Crippen molar-refractivity contribution in [3.8, 4) is 0 Å². The van der Waals surface area contributed by atoms with Crippen molar-refractivity contribution < 1.29 is 9.21 Å². The Bertz CT molecular complexity index is 505. The van der Waals surface area contributed by atoms with E-state index in [1.54, 1.807) is 6.26 Å². The molecule has 2 heterocycles. The first kappa shape index (κ1) is 15.6. The van der Waals surface area contributed by atoms with E-state index in [4.69, 9.17) is 4.42 Å². The Morgan fingerprint density at radius 3 is 2.86 bits per heavy atom. The van der Waals surface area contributed by atoms with Crippen molar-refractivity contribution in [2.45, 2.75) is 71.3 Å². The number of rotatable bonds is 5. The predicted octanol–water partition coefficient (Wildman–Crippen LogP) is 4.06. The minimum atomic E-state index is 0.0679. The van der Waals surface area contributed by atoms with E-state index in [0.717, 1.165) is 44.0 Å². The number of carbonyl (C=O) groups excluding carboxylic acids is 1. The van der Waals surface area contributed by atoms with Gasteiger partial charge in [-0.05, 0) is 43.9 Å². The summed E-state index contributed by atoms with van der Waals surface area (Å²) in [5.41, 5.74) is 0.506. The van der Waals surface area contributed by atoms with E-state index >= 15 is 0 Å². The van der Waals surface area contributed by atoms with Crippen LogP contribution in [0.4, 0.5) is 0 Å². The minimum Gasteiger partial charge on any atom is -0.448 e. The molecule has 0 bridgehead atoms. The highest BCUT2D eigenvalue weighted by Gasteiger charge is 2.29. The molecule has 0 N–H and O–H groups in total. The molecule has 1 saturated carbocycles. The zero-order valence-corrected chi connectivity index (χ0v) is 13.9. The molecule has 122 valence electrons. The Morgan fingerprint density at radius 2 is 2.14 bits per heavy atom. The third-order valence-electron chi connectivity index (χ3n) is 4.81. The average molecular weight is 304 g/mol. The van der Waals surface area contributed by atoms with Gasteiger partial charge in [0.2, 0.25) is 0 Å². The number of oxazole rings is 1. The highest BCUT2D eigenvalue weighted by Crippen LogP contribution is 2.32. The van der Waals surface area contributed by atoms with Gasteiger partial charge >= 0.3 is 0 Å². The predicted molar refractivity (Wildman–Crippen MR) is 85.7 cm³/mol. The second-order valence-electron chi connectivity index (χ2n) is 7.41. The molecule has 3 rings (SSSR count). The summed E-state index contributed by atoms with van der Waals surface area (Å²) in [6, 6.07) is 0.360. The molecular weight excluding hydrogens is 276 g/mol. The largest absolute Gasteiger partial charge is 0.448 e. The zero-order chi connectivity index (χ0) is 15.5. The summed E-state index contributed by atoms with van der Waals surface area (Å²) in [7, 11) is 0. The standard InChI is InChI=1S/C18H28N2O2/c1-13(2)10-15-6-4-3-5-9-20(15)18(21)16-12-22-17(19-16)11-14-7-8-14/h12-15H,3-11H2,1-2H3/t15-/m1/s1.